The van der Waals surface area contributed by atoms with E-state index in [0.29, 0.717) is 20.8 Å². The average molecular weight is 689 g/mol. The van der Waals surface area contributed by atoms with Gasteiger partial charge in [0, 0.05) is 34.3 Å². The van der Waals surface area contributed by atoms with Crippen molar-refractivity contribution < 1.29 is 4.79 Å². The van der Waals surface area contributed by atoms with E-state index in [9.17, 15) is 4.79 Å². The second-order valence-electron chi connectivity index (χ2n) is 9.68. The highest BCUT2D eigenvalue weighted by atomic mass is 127. The maximum Gasteiger partial charge on any atom is 0.241 e. The molecule has 206 valence electrons. The summed E-state index contributed by atoms with van der Waals surface area (Å²) in [7, 11) is 0. The first-order chi connectivity index (χ1) is 18.3. The maximum absolute atomic E-state index is 13.9. The van der Waals surface area contributed by atoms with E-state index in [0.717, 1.165) is 61.3 Å². The molecule has 0 saturated carbocycles. The topological polar surface area (TPSA) is 38.1 Å². The van der Waals surface area contributed by atoms with E-state index < -0.39 is 3.92 Å². The SMILES string of the molecule is CCCCCCN(CCCCCC)C(=O)C(I)c1nn(-c2ccc(Cl)cc2Cl)c(-c2ccc(Cl)cc2)c1C. The van der Waals surface area contributed by atoms with Gasteiger partial charge in [-0.3, -0.25) is 4.79 Å². The lowest BCUT2D eigenvalue weighted by Gasteiger charge is -2.25. The number of carbonyl (C=O) groups excluding carboxylic acids is 1. The fourth-order valence-corrected chi connectivity index (χ4v) is 6.20. The highest BCUT2D eigenvalue weighted by Crippen LogP contribution is 2.37. The molecular formula is C30H37Cl3IN3O. The van der Waals surface area contributed by atoms with Crippen LogP contribution in [0.5, 0.6) is 0 Å². The van der Waals surface area contributed by atoms with E-state index in [1.807, 2.05) is 41.9 Å². The van der Waals surface area contributed by atoms with E-state index >= 15 is 0 Å². The second-order valence-corrected chi connectivity index (χ2v) is 12.2. The lowest BCUT2D eigenvalue weighted by molar-refractivity contribution is -0.130. The van der Waals surface area contributed by atoms with Crippen molar-refractivity contribution in [2.75, 3.05) is 13.1 Å². The number of benzene rings is 2. The minimum atomic E-state index is -0.414. The number of unbranched alkanes of at least 4 members (excludes halogenated alkanes) is 6. The summed E-state index contributed by atoms with van der Waals surface area (Å²) in [6.07, 6.45) is 9.09. The fraction of sp³-hybridized carbons (Fsp3) is 0.467. The Morgan fingerprint density at radius 1 is 0.895 bits per heavy atom. The number of carbonyl (C=O) groups is 1. The molecular weight excluding hydrogens is 652 g/mol. The first-order valence-corrected chi connectivity index (χ1v) is 15.9. The van der Waals surface area contributed by atoms with Crippen LogP contribution in [0, 0.1) is 6.92 Å². The number of nitrogens with zero attached hydrogens (tertiary/aromatic N) is 3. The molecule has 1 atom stereocenters. The number of hydrogen-bond donors (Lipinski definition) is 0. The predicted octanol–water partition coefficient (Wildman–Crippen LogP) is 10.3. The molecule has 0 aliphatic carbocycles. The minimum absolute atomic E-state index is 0.121. The van der Waals surface area contributed by atoms with Gasteiger partial charge >= 0.3 is 0 Å². The van der Waals surface area contributed by atoms with Gasteiger partial charge in [-0.1, -0.05) is 122 Å². The molecule has 3 rings (SSSR count). The monoisotopic (exact) mass is 687 g/mol. The van der Waals surface area contributed by atoms with Gasteiger partial charge in [0.05, 0.1) is 22.1 Å². The normalized spacial score (nSPS) is 12.1. The van der Waals surface area contributed by atoms with Gasteiger partial charge in [0.15, 0.2) is 0 Å². The van der Waals surface area contributed by atoms with Crippen LogP contribution in [-0.4, -0.2) is 33.7 Å². The molecule has 8 heteroatoms. The fourth-order valence-electron chi connectivity index (χ4n) is 4.60. The summed E-state index contributed by atoms with van der Waals surface area (Å²) in [5, 5.41) is 6.70. The van der Waals surface area contributed by atoms with Crippen LogP contribution in [0.3, 0.4) is 0 Å². The number of hydrogen-bond acceptors (Lipinski definition) is 2. The van der Waals surface area contributed by atoms with Gasteiger partial charge in [0.1, 0.15) is 3.92 Å². The van der Waals surface area contributed by atoms with Crippen molar-refractivity contribution in [3.05, 3.63) is 68.8 Å². The highest BCUT2D eigenvalue weighted by Gasteiger charge is 2.30. The second kappa shape index (κ2) is 15.5. The standard InChI is InChI=1S/C30H37Cl3IN3O/c1-4-6-8-10-18-36(19-11-9-7-5-2)30(38)27(34)28-21(3)29(22-12-14-23(31)15-13-22)37(35-28)26-17-16-24(32)20-25(26)33/h12-17,20,27H,4-11,18-19H2,1-3H3. The van der Waals surface area contributed by atoms with E-state index in [1.54, 1.807) is 12.1 Å². The molecule has 3 aromatic rings. The van der Waals surface area contributed by atoms with Crippen LogP contribution >= 0.6 is 57.4 Å². The third-order valence-corrected chi connectivity index (χ3v) is 8.66. The first kappa shape index (κ1) is 31.3. The first-order valence-electron chi connectivity index (χ1n) is 13.5. The lowest BCUT2D eigenvalue weighted by Crippen LogP contribution is -2.35. The van der Waals surface area contributed by atoms with Crippen LogP contribution in [0.25, 0.3) is 16.9 Å². The van der Waals surface area contributed by atoms with Crippen LogP contribution in [-0.2, 0) is 4.79 Å². The maximum atomic E-state index is 13.9. The Morgan fingerprint density at radius 2 is 1.47 bits per heavy atom. The summed E-state index contributed by atoms with van der Waals surface area (Å²) in [5.41, 5.74) is 4.24. The van der Waals surface area contributed by atoms with Gasteiger partial charge in [-0.15, -0.1) is 0 Å². The summed E-state index contributed by atoms with van der Waals surface area (Å²) in [4.78, 5) is 15.9. The molecule has 2 aromatic carbocycles. The Labute approximate surface area is 256 Å². The Balaban J connectivity index is 1.99. The zero-order valence-electron chi connectivity index (χ0n) is 22.5. The summed E-state index contributed by atoms with van der Waals surface area (Å²) in [5.74, 6) is 0.121. The molecule has 0 N–H and O–H groups in total. The molecule has 0 bridgehead atoms. The molecule has 0 fully saturated rings. The van der Waals surface area contributed by atoms with Gasteiger partial charge in [0.2, 0.25) is 5.91 Å². The van der Waals surface area contributed by atoms with Gasteiger partial charge < -0.3 is 4.90 Å². The molecule has 1 unspecified atom stereocenters. The van der Waals surface area contributed by atoms with Crippen LogP contribution in [0.1, 0.15) is 80.4 Å². The van der Waals surface area contributed by atoms with Crippen molar-refractivity contribution in [2.45, 2.75) is 76.1 Å². The molecule has 0 saturated heterocycles. The zero-order valence-corrected chi connectivity index (χ0v) is 26.9. The van der Waals surface area contributed by atoms with Crippen molar-refractivity contribution >= 4 is 63.3 Å². The lowest BCUT2D eigenvalue weighted by atomic mass is 10.0. The van der Waals surface area contributed by atoms with Crippen molar-refractivity contribution in [1.29, 1.82) is 0 Å². The van der Waals surface area contributed by atoms with Crippen molar-refractivity contribution in [2.24, 2.45) is 0 Å². The molecule has 0 spiro atoms. The molecule has 38 heavy (non-hydrogen) atoms. The summed E-state index contributed by atoms with van der Waals surface area (Å²) in [6, 6.07) is 13.0. The third-order valence-electron chi connectivity index (χ3n) is 6.75. The average Bonchev–Trinajstić information content (AvgIpc) is 3.24. The van der Waals surface area contributed by atoms with Gasteiger partial charge in [0.25, 0.3) is 0 Å². The van der Waals surface area contributed by atoms with Crippen LogP contribution < -0.4 is 0 Å². The smallest absolute Gasteiger partial charge is 0.241 e. The predicted molar refractivity (Wildman–Crippen MR) is 170 cm³/mol. The van der Waals surface area contributed by atoms with E-state index in [2.05, 4.69) is 41.3 Å². The van der Waals surface area contributed by atoms with Crippen LogP contribution in [0.2, 0.25) is 15.1 Å². The van der Waals surface area contributed by atoms with Gasteiger partial charge in [-0.25, -0.2) is 4.68 Å². The molecule has 4 nitrogen and oxygen atoms in total. The summed E-state index contributed by atoms with van der Waals surface area (Å²) in [6.45, 7) is 8.02. The van der Waals surface area contributed by atoms with Crippen molar-refractivity contribution in [3.8, 4) is 16.9 Å². The van der Waals surface area contributed by atoms with E-state index in [4.69, 9.17) is 39.9 Å². The number of amides is 1. The van der Waals surface area contributed by atoms with Gasteiger partial charge in [-0.2, -0.15) is 5.10 Å². The Morgan fingerprint density at radius 3 is 2.03 bits per heavy atom. The Bertz CT molecular complexity index is 1180. The van der Waals surface area contributed by atoms with E-state index in [-0.39, 0.29) is 5.91 Å². The number of rotatable bonds is 14. The number of alkyl halides is 1. The summed E-state index contributed by atoms with van der Waals surface area (Å²) >= 11 is 21.3. The Hall–Kier alpha value is -1.28. The van der Waals surface area contributed by atoms with Gasteiger partial charge in [-0.05, 0) is 50.1 Å². The molecule has 0 radical (unpaired) electrons. The molecule has 1 aromatic heterocycles. The quantitative estimate of drug-likeness (QED) is 0.0961. The van der Waals surface area contributed by atoms with Crippen LogP contribution in [0.4, 0.5) is 0 Å². The molecule has 1 amide bonds. The van der Waals surface area contributed by atoms with E-state index in [1.165, 1.54) is 25.7 Å². The molecule has 1 heterocycles. The van der Waals surface area contributed by atoms with Crippen molar-refractivity contribution in [1.82, 2.24) is 14.7 Å². The molecule has 0 aliphatic rings. The van der Waals surface area contributed by atoms with Crippen molar-refractivity contribution in [3.63, 3.8) is 0 Å². The molecule has 0 aliphatic heterocycles. The number of aromatic nitrogens is 2. The number of halogens is 4. The van der Waals surface area contributed by atoms with Crippen LogP contribution in [0.15, 0.2) is 42.5 Å². The minimum Gasteiger partial charge on any atom is -0.341 e. The highest BCUT2D eigenvalue weighted by molar-refractivity contribution is 14.1. The largest absolute Gasteiger partial charge is 0.341 e. The Kier molecular flexibility index (Phi) is 12.7. The summed E-state index contributed by atoms with van der Waals surface area (Å²) < 4.78 is 1.42. The third kappa shape index (κ3) is 8.12. The zero-order chi connectivity index (χ0) is 27.7.